The van der Waals surface area contributed by atoms with E-state index >= 15 is 0 Å². The van der Waals surface area contributed by atoms with E-state index in [2.05, 4.69) is 0 Å². The third-order valence-corrected chi connectivity index (χ3v) is 2.51. The number of ether oxygens (including phenoxy) is 1. The predicted molar refractivity (Wildman–Crippen MR) is 55.9 cm³/mol. The van der Waals surface area contributed by atoms with E-state index in [-0.39, 0.29) is 0 Å². The molecule has 1 aromatic carbocycles. The van der Waals surface area contributed by atoms with Gasteiger partial charge in [-0.3, -0.25) is 4.79 Å². The number of halogens is 5. The van der Waals surface area contributed by atoms with E-state index in [9.17, 15) is 26.7 Å². The molecule has 0 radical (unpaired) electrons. The monoisotopic (exact) mass is 283 g/mol. The molecule has 0 aliphatic rings. The Kier molecular flexibility index (Phi) is 4.14. The minimum absolute atomic E-state index is 1.06. The van der Waals surface area contributed by atoms with Crippen LogP contribution in [0.1, 0.15) is 13.8 Å². The first kappa shape index (κ1) is 15.4. The van der Waals surface area contributed by atoms with Crippen LogP contribution in [-0.2, 0) is 9.53 Å². The molecule has 0 aromatic heterocycles. The van der Waals surface area contributed by atoms with Crippen LogP contribution in [0.4, 0.5) is 27.6 Å². The van der Waals surface area contributed by atoms with Gasteiger partial charge in [0.15, 0.2) is 23.3 Å². The average molecular weight is 283 g/mol. The molecule has 0 unspecified atom stereocenters. The zero-order valence-corrected chi connectivity index (χ0v) is 10.2. The van der Waals surface area contributed by atoms with Crippen molar-refractivity contribution < 1.29 is 31.5 Å². The van der Waals surface area contributed by atoms with Crippen molar-refractivity contribution in [2.24, 2.45) is 0 Å². The van der Waals surface area contributed by atoms with Crippen LogP contribution in [0.2, 0.25) is 0 Å². The third kappa shape index (κ3) is 2.67. The van der Waals surface area contributed by atoms with Crippen LogP contribution < -0.4 is 5.32 Å². The lowest BCUT2D eigenvalue weighted by Crippen LogP contribution is -2.39. The minimum atomic E-state index is -2.29. The van der Waals surface area contributed by atoms with Gasteiger partial charge in [-0.05, 0) is 13.8 Å². The Labute approximate surface area is 105 Å². The Morgan fingerprint density at radius 3 is 1.68 bits per heavy atom. The van der Waals surface area contributed by atoms with Crippen LogP contribution in [-0.4, -0.2) is 18.6 Å². The molecule has 1 amide bonds. The van der Waals surface area contributed by atoms with Gasteiger partial charge >= 0.3 is 0 Å². The second-order valence-corrected chi connectivity index (χ2v) is 4.11. The second kappa shape index (κ2) is 5.12. The molecule has 0 bridgehead atoms. The van der Waals surface area contributed by atoms with E-state index < -0.39 is 46.3 Å². The van der Waals surface area contributed by atoms with Crippen molar-refractivity contribution in [2.75, 3.05) is 12.4 Å². The SMILES string of the molecule is COC(C)(C)C(=O)Nc1c(F)c(F)c(F)c(F)c1F. The highest BCUT2D eigenvalue weighted by Gasteiger charge is 2.32. The molecule has 106 valence electrons. The molecule has 0 atom stereocenters. The molecule has 0 saturated carbocycles. The zero-order valence-electron chi connectivity index (χ0n) is 10.2. The summed E-state index contributed by atoms with van der Waals surface area (Å²) in [5.41, 5.74) is -2.91. The molecule has 0 heterocycles. The molecule has 0 spiro atoms. The van der Waals surface area contributed by atoms with Crippen molar-refractivity contribution in [3.8, 4) is 0 Å². The summed E-state index contributed by atoms with van der Waals surface area (Å²) in [5.74, 6) is -11.8. The van der Waals surface area contributed by atoms with Crippen molar-refractivity contribution in [1.29, 1.82) is 0 Å². The predicted octanol–water partition coefficient (Wildman–Crippen LogP) is 2.75. The topological polar surface area (TPSA) is 38.3 Å². The Balaban J connectivity index is 3.27. The second-order valence-electron chi connectivity index (χ2n) is 4.11. The fourth-order valence-corrected chi connectivity index (χ4v) is 1.07. The molecule has 1 N–H and O–H groups in total. The summed E-state index contributed by atoms with van der Waals surface area (Å²) in [7, 11) is 1.15. The van der Waals surface area contributed by atoms with Gasteiger partial charge in [-0.1, -0.05) is 0 Å². The quantitative estimate of drug-likeness (QED) is 0.526. The van der Waals surface area contributed by atoms with E-state index in [4.69, 9.17) is 4.74 Å². The average Bonchev–Trinajstić information content (AvgIpc) is 2.38. The summed E-state index contributed by atoms with van der Waals surface area (Å²) < 4.78 is 69.8. The number of methoxy groups -OCH3 is 1. The minimum Gasteiger partial charge on any atom is -0.369 e. The Morgan fingerprint density at radius 2 is 1.32 bits per heavy atom. The summed E-state index contributed by atoms with van der Waals surface area (Å²) in [6.45, 7) is 2.52. The van der Waals surface area contributed by atoms with Gasteiger partial charge in [-0.15, -0.1) is 0 Å². The van der Waals surface area contributed by atoms with Crippen molar-refractivity contribution >= 4 is 11.6 Å². The van der Waals surface area contributed by atoms with Crippen LogP contribution in [0.25, 0.3) is 0 Å². The number of benzene rings is 1. The highest BCUT2D eigenvalue weighted by Crippen LogP contribution is 2.27. The molecule has 0 aliphatic heterocycles. The van der Waals surface area contributed by atoms with Crippen molar-refractivity contribution in [3.05, 3.63) is 29.1 Å². The third-order valence-electron chi connectivity index (χ3n) is 2.51. The Bertz CT molecular complexity index is 501. The maximum absolute atomic E-state index is 13.3. The number of hydrogen-bond acceptors (Lipinski definition) is 2. The van der Waals surface area contributed by atoms with Gasteiger partial charge in [0.2, 0.25) is 5.82 Å². The number of rotatable bonds is 3. The molecule has 0 saturated heterocycles. The molecule has 1 aromatic rings. The van der Waals surface area contributed by atoms with E-state index in [1.165, 1.54) is 13.8 Å². The Morgan fingerprint density at radius 1 is 0.947 bits per heavy atom. The van der Waals surface area contributed by atoms with E-state index in [0.717, 1.165) is 7.11 Å². The van der Waals surface area contributed by atoms with Gasteiger partial charge in [0, 0.05) is 7.11 Å². The molecule has 0 aliphatic carbocycles. The standard InChI is InChI=1S/C11H10F5NO2/c1-11(2,19-3)10(18)17-9-7(15)5(13)4(12)6(14)8(9)16/h1-3H3,(H,17,18). The highest BCUT2D eigenvalue weighted by molar-refractivity contribution is 5.96. The van der Waals surface area contributed by atoms with Gasteiger partial charge in [0.25, 0.3) is 5.91 Å². The molecular formula is C11H10F5NO2. The number of carbonyl (C=O) groups is 1. The molecule has 0 fully saturated rings. The van der Waals surface area contributed by atoms with Gasteiger partial charge in [-0.25, -0.2) is 22.0 Å². The molecule has 8 heteroatoms. The number of amides is 1. The largest absolute Gasteiger partial charge is 0.369 e. The fraction of sp³-hybridized carbons (Fsp3) is 0.364. The van der Waals surface area contributed by atoms with E-state index in [0.29, 0.717) is 0 Å². The van der Waals surface area contributed by atoms with Crippen LogP contribution in [0, 0.1) is 29.1 Å². The van der Waals surface area contributed by atoms with Crippen LogP contribution in [0.15, 0.2) is 0 Å². The molecule has 3 nitrogen and oxygen atoms in total. The van der Waals surface area contributed by atoms with Gasteiger partial charge < -0.3 is 10.1 Å². The molecule has 19 heavy (non-hydrogen) atoms. The number of hydrogen-bond donors (Lipinski definition) is 1. The summed E-state index contributed by atoms with van der Waals surface area (Å²) >= 11 is 0. The summed E-state index contributed by atoms with van der Waals surface area (Å²) in [4.78, 5) is 11.6. The van der Waals surface area contributed by atoms with Gasteiger partial charge in [0.1, 0.15) is 11.3 Å². The molecule has 1 rings (SSSR count). The number of carbonyl (C=O) groups excluding carboxylic acids is 1. The lowest BCUT2D eigenvalue weighted by atomic mass is 10.1. The first-order valence-electron chi connectivity index (χ1n) is 5.01. The van der Waals surface area contributed by atoms with E-state index in [1.807, 2.05) is 0 Å². The van der Waals surface area contributed by atoms with Crippen molar-refractivity contribution in [2.45, 2.75) is 19.4 Å². The lowest BCUT2D eigenvalue weighted by Gasteiger charge is -2.22. The maximum Gasteiger partial charge on any atom is 0.256 e. The summed E-state index contributed by atoms with van der Waals surface area (Å²) in [6, 6.07) is 0. The number of anilines is 1. The van der Waals surface area contributed by atoms with Crippen LogP contribution in [0.3, 0.4) is 0 Å². The van der Waals surface area contributed by atoms with Crippen molar-refractivity contribution in [3.63, 3.8) is 0 Å². The van der Waals surface area contributed by atoms with Crippen molar-refractivity contribution in [1.82, 2.24) is 0 Å². The Hall–Kier alpha value is -1.70. The first-order valence-corrected chi connectivity index (χ1v) is 5.01. The van der Waals surface area contributed by atoms with Crippen LogP contribution >= 0.6 is 0 Å². The van der Waals surface area contributed by atoms with E-state index in [1.54, 1.807) is 5.32 Å². The van der Waals surface area contributed by atoms with Crippen LogP contribution in [0.5, 0.6) is 0 Å². The summed E-state index contributed by atoms with van der Waals surface area (Å²) in [6.07, 6.45) is 0. The fourth-order valence-electron chi connectivity index (χ4n) is 1.07. The van der Waals surface area contributed by atoms with Gasteiger partial charge in [-0.2, -0.15) is 0 Å². The normalized spacial score (nSPS) is 11.6. The lowest BCUT2D eigenvalue weighted by molar-refractivity contribution is -0.133. The molecular weight excluding hydrogens is 273 g/mol. The number of nitrogens with one attached hydrogen (secondary N) is 1. The highest BCUT2D eigenvalue weighted by atomic mass is 19.2. The summed E-state index contributed by atoms with van der Waals surface area (Å²) in [5, 5.41) is 1.62. The zero-order chi connectivity index (χ0) is 15.0. The maximum atomic E-state index is 13.3. The van der Waals surface area contributed by atoms with Gasteiger partial charge in [0.05, 0.1) is 0 Å². The smallest absolute Gasteiger partial charge is 0.256 e. The first-order chi connectivity index (χ1) is 8.63.